The first-order valence-corrected chi connectivity index (χ1v) is 10.8. The summed E-state index contributed by atoms with van der Waals surface area (Å²) in [6.45, 7) is 4.14. The molecule has 0 aliphatic heterocycles. The zero-order valence-electron chi connectivity index (χ0n) is 18.8. The van der Waals surface area contributed by atoms with Crippen molar-refractivity contribution in [2.24, 2.45) is 5.10 Å². The fourth-order valence-corrected chi connectivity index (χ4v) is 3.49. The van der Waals surface area contributed by atoms with Crippen LogP contribution in [0.4, 0.5) is 0 Å². The van der Waals surface area contributed by atoms with Gasteiger partial charge in [0.1, 0.15) is 5.75 Å². The molecule has 7 heteroatoms. The van der Waals surface area contributed by atoms with Crippen molar-refractivity contribution in [1.29, 1.82) is 0 Å². The van der Waals surface area contributed by atoms with Crippen molar-refractivity contribution in [3.63, 3.8) is 0 Å². The molecule has 2 aromatic carbocycles. The number of fused-ring (bicyclic) bond motifs is 1. The number of ether oxygens (including phenoxy) is 1. The van der Waals surface area contributed by atoms with Crippen LogP contribution < -0.4 is 15.5 Å². The van der Waals surface area contributed by atoms with Gasteiger partial charge in [0.05, 0.1) is 19.9 Å². The summed E-state index contributed by atoms with van der Waals surface area (Å²) >= 11 is 0. The third kappa shape index (κ3) is 6.20. The van der Waals surface area contributed by atoms with Gasteiger partial charge in [0.25, 0.3) is 5.91 Å². The van der Waals surface area contributed by atoms with Gasteiger partial charge in [-0.3, -0.25) is 9.59 Å². The van der Waals surface area contributed by atoms with Gasteiger partial charge >= 0.3 is 0 Å². The maximum Gasteiger partial charge on any atom is 0.259 e. The van der Waals surface area contributed by atoms with E-state index >= 15 is 0 Å². The lowest BCUT2D eigenvalue weighted by atomic mass is 10.1. The Morgan fingerprint density at radius 3 is 2.56 bits per heavy atom. The van der Waals surface area contributed by atoms with Crippen LogP contribution in [0.25, 0.3) is 10.9 Å². The second-order valence-corrected chi connectivity index (χ2v) is 7.87. The summed E-state index contributed by atoms with van der Waals surface area (Å²) < 4.78 is 7.31. The van der Waals surface area contributed by atoms with Gasteiger partial charge in [-0.2, -0.15) is 5.10 Å². The molecule has 2 amide bonds. The zero-order valence-corrected chi connectivity index (χ0v) is 18.8. The molecule has 0 saturated heterocycles. The smallest absolute Gasteiger partial charge is 0.259 e. The largest absolute Gasteiger partial charge is 0.497 e. The predicted molar refractivity (Wildman–Crippen MR) is 127 cm³/mol. The number of rotatable bonds is 10. The number of aryl methyl sites for hydroxylation is 1. The fourth-order valence-electron chi connectivity index (χ4n) is 3.49. The minimum atomic E-state index is -0.364. The van der Waals surface area contributed by atoms with Gasteiger partial charge in [0, 0.05) is 35.1 Å². The summed E-state index contributed by atoms with van der Waals surface area (Å²) in [5.74, 6) is 0.292. The van der Waals surface area contributed by atoms with Crippen LogP contribution in [-0.2, 0) is 16.0 Å². The molecule has 0 radical (unpaired) electrons. The topological polar surface area (TPSA) is 84.7 Å². The normalized spacial score (nSPS) is 11.2. The van der Waals surface area contributed by atoms with Crippen molar-refractivity contribution in [3.8, 4) is 5.75 Å². The van der Waals surface area contributed by atoms with E-state index in [0.717, 1.165) is 34.2 Å². The number of nitrogens with one attached hydrogen (secondary N) is 2. The van der Waals surface area contributed by atoms with Gasteiger partial charge in [0.2, 0.25) is 5.91 Å². The summed E-state index contributed by atoms with van der Waals surface area (Å²) in [4.78, 5) is 24.0. The minimum Gasteiger partial charge on any atom is -0.497 e. The molecule has 0 atom stereocenters. The number of hydrogen-bond acceptors (Lipinski definition) is 4. The molecule has 0 aliphatic carbocycles. The van der Waals surface area contributed by atoms with Crippen LogP contribution in [0.1, 0.15) is 43.9 Å². The number of aromatic nitrogens is 1. The number of para-hydroxylation sites is 1. The van der Waals surface area contributed by atoms with Crippen LogP contribution in [0.5, 0.6) is 5.75 Å². The predicted octanol–water partition coefficient (Wildman–Crippen LogP) is 3.82. The van der Waals surface area contributed by atoms with E-state index in [-0.39, 0.29) is 18.4 Å². The molecule has 3 aromatic rings. The van der Waals surface area contributed by atoms with Gasteiger partial charge in [-0.25, -0.2) is 5.43 Å². The molecule has 1 heterocycles. The number of methoxy groups -OCH3 is 1. The lowest BCUT2D eigenvalue weighted by Gasteiger charge is -2.08. The highest BCUT2D eigenvalue weighted by atomic mass is 16.5. The summed E-state index contributed by atoms with van der Waals surface area (Å²) in [7, 11) is 1.63. The Kier molecular flexibility index (Phi) is 8.02. The molecule has 0 unspecified atom stereocenters. The molecule has 0 saturated carbocycles. The maximum atomic E-state index is 12.0. The highest BCUT2D eigenvalue weighted by molar-refractivity contribution is 5.99. The molecule has 3 rings (SSSR count). The summed E-state index contributed by atoms with van der Waals surface area (Å²) in [6, 6.07) is 16.2. The van der Waals surface area contributed by atoms with E-state index in [9.17, 15) is 9.59 Å². The Hall–Kier alpha value is -3.61. The first-order chi connectivity index (χ1) is 15.5. The Morgan fingerprint density at radius 2 is 1.84 bits per heavy atom. The third-order valence-corrected chi connectivity index (χ3v) is 5.20. The summed E-state index contributed by atoms with van der Waals surface area (Å²) in [5, 5.41) is 7.77. The number of carbonyl (C=O) groups is 2. The highest BCUT2D eigenvalue weighted by Crippen LogP contribution is 2.23. The van der Waals surface area contributed by atoms with E-state index in [2.05, 4.69) is 40.3 Å². The molecule has 0 spiro atoms. The van der Waals surface area contributed by atoms with Crippen molar-refractivity contribution in [2.45, 2.75) is 39.2 Å². The number of benzene rings is 2. The van der Waals surface area contributed by atoms with Crippen molar-refractivity contribution >= 4 is 28.9 Å². The Balaban J connectivity index is 1.41. The molecule has 7 nitrogen and oxygen atoms in total. The Labute approximate surface area is 188 Å². The summed E-state index contributed by atoms with van der Waals surface area (Å²) in [6.07, 6.45) is 5.51. The quantitative estimate of drug-likeness (QED) is 0.376. The molecule has 168 valence electrons. The first-order valence-electron chi connectivity index (χ1n) is 10.8. The van der Waals surface area contributed by atoms with E-state index in [1.807, 2.05) is 48.7 Å². The van der Waals surface area contributed by atoms with E-state index in [1.54, 1.807) is 13.3 Å². The van der Waals surface area contributed by atoms with E-state index < -0.39 is 0 Å². The standard InChI is InChI=1S/C25H30N4O3/c1-18(2)29-17-20(22-8-4-5-9-23(22)29)15-27-28-25(31)16-26-24(30)10-6-7-19-11-13-21(32-3)14-12-19/h4-5,8-9,11-15,17-18H,6-7,10,16H2,1-3H3,(H,26,30)(H,28,31)/b27-15-. The number of nitrogens with zero attached hydrogens (tertiary/aromatic N) is 2. The molecular weight excluding hydrogens is 404 g/mol. The number of hydrazone groups is 1. The third-order valence-electron chi connectivity index (χ3n) is 5.20. The molecule has 0 aliphatic rings. The summed E-state index contributed by atoms with van der Waals surface area (Å²) in [5.41, 5.74) is 5.67. The van der Waals surface area contributed by atoms with Crippen LogP contribution >= 0.6 is 0 Å². The molecule has 2 N–H and O–H groups in total. The number of hydrogen-bond donors (Lipinski definition) is 2. The van der Waals surface area contributed by atoms with Crippen LogP contribution in [0, 0.1) is 0 Å². The average Bonchev–Trinajstić information content (AvgIpc) is 3.17. The Morgan fingerprint density at radius 1 is 1.09 bits per heavy atom. The number of amides is 2. The second kappa shape index (κ2) is 11.1. The lowest BCUT2D eigenvalue weighted by molar-refractivity contribution is -0.126. The van der Waals surface area contributed by atoms with Crippen molar-refractivity contribution in [1.82, 2.24) is 15.3 Å². The van der Waals surface area contributed by atoms with Gasteiger partial charge in [0.15, 0.2) is 0 Å². The van der Waals surface area contributed by atoms with Crippen LogP contribution in [0.2, 0.25) is 0 Å². The van der Waals surface area contributed by atoms with Crippen molar-refractivity contribution in [2.75, 3.05) is 13.7 Å². The average molecular weight is 435 g/mol. The zero-order chi connectivity index (χ0) is 22.9. The fraction of sp³-hybridized carbons (Fsp3) is 0.320. The van der Waals surface area contributed by atoms with Crippen LogP contribution in [0.3, 0.4) is 0 Å². The van der Waals surface area contributed by atoms with Gasteiger partial charge in [-0.05, 0) is 50.5 Å². The minimum absolute atomic E-state index is 0.105. The Bertz CT molecular complexity index is 1080. The molecule has 0 bridgehead atoms. The second-order valence-electron chi connectivity index (χ2n) is 7.87. The van der Waals surface area contributed by atoms with E-state index in [1.165, 1.54) is 0 Å². The van der Waals surface area contributed by atoms with Crippen LogP contribution in [0.15, 0.2) is 59.8 Å². The monoisotopic (exact) mass is 434 g/mol. The van der Waals surface area contributed by atoms with Crippen molar-refractivity contribution in [3.05, 3.63) is 65.9 Å². The molecule has 1 aromatic heterocycles. The molecule has 32 heavy (non-hydrogen) atoms. The molecule has 0 fully saturated rings. The number of carbonyl (C=O) groups excluding carboxylic acids is 2. The van der Waals surface area contributed by atoms with Gasteiger partial charge in [-0.15, -0.1) is 0 Å². The van der Waals surface area contributed by atoms with Gasteiger partial charge in [-0.1, -0.05) is 30.3 Å². The van der Waals surface area contributed by atoms with E-state index in [0.29, 0.717) is 18.9 Å². The SMILES string of the molecule is COc1ccc(CCCC(=O)NCC(=O)N/N=C\c2cn(C(C)C)c3ccccc23)cc1. The first kappa shape index (κ1) is 23.1. The molecular formula is C25H30N4O3. The van der Waals surface area contributed by atoms with Crippen LogP contribution in [-0.4, -0.2) is 36.3 Å². The highest BCUT2D eigenvalue weighted by Gasteiger charge is 2.09. The van der Waals surface area contributed by atoms with Gasteiger partial charge < -0.3 is 14.6 Å². The maximum absolute atomic E-state index is 12.0. The van der Waals surface area contributed by atoms with E-state index in [4.69, 9.17) is 4.74 Å². The lowest BCUT2D eigenvalue weighted by Crippen LogP contribution is -2.34. The van der Waals surface area contributed by atoms with Crippen molar-refractivity contribution < 1.29 is 14.3 Å².